The largest absolute Gasteiger partial charge is 0.395 e. The van der Waals surface area contributed by atoms with Crippen molar-refractivity contribution in [3.8, 4) is 6.07 Å². The van der Waals surface area contributed by atoms with Gasteiger partial charge in [-0.1, -0.05) is 17.7 Å². The molecule has 1 aliphatic heterocycles. The van der Waals surface area contributed by atoms with Crippen LogP contribution in [0.3, 0.4) is 0 Å². The van der Waals surface area contributed by atoms with E-state index in [2.05, 4.69) is 10.2 Å². The van der Waals surface area contributed by atoms with Crippen LogP contribution in [0.15, 0.2) is 30.0 Å². The summed E-state index contributed by atoms with van der Waals surface area (Å²) in [5, 5.41) is 21.5. The lowest BCUT2D eigenvalue weighted by Gasteiger charge is -2.33. The minimum atomic E-state index is -0.449. The molecule has 1 saturated heterocycles. The summed E-state index contributed by atoms with van der Waals surface area (Å²) < 4.78 is 0. The molecule has 24 heavy (non-hydrogen) atoms. The lowest BCUT2D eigenvalue weighted by atomic mass is 10.2. The number of hydrogen-bond acceptors (Lipinski definition) is 5. The lowest BCUT2D eigenvalue weighted by molar-refractivity contribution is -0.112. The number of aliphatic hydroxyl groups excluding tert-OH is 1. The van der Waals surface area contributed by atoms with E-state index >= 15 is 0 Å². The topological polar surface area (TPSA) is 79.6 Å². The molecule has 0 aliphatic carbocycles. The standard InChI is InChI=1S/C17H21ClN4O2/c1-13-2-3-15(10-16(13)18)20-17(24)14(11-19)12-22-6-4-21(5-7-22)8-9-23/h2-3,10,12,23H,4-9H2,1H3,(H,20,24)/b14-12-. The Labute approximate surface area is 146 Å². The molecule has 128 valence electrons. The summed E-state index contributed by atoms with van der Waals surface area (Å²) in [7, 11) is 0. The molecule has 0 spiro atoms. The molecule has 1 amide bonds. The van der Waals surface area contributed by atoms with E-state index in [1.54, 1.807) is 18.3 Å². The number of β-amino-alcohol motifs (C(OH)–C–C–N with tert-alkyl or cyclic N) is 1. The number of nitrogens with zero attached hydrogens (tertiary/aromatic N) is 3. The molecule has 1 aliphatic rings. The predicted octanol–water partition coefficient (Wildman–Crippen LogP) is 1.60. The highest BCUT2D eigenvalue weighted by atomic mass is 35.5. The second-order valence-electron chi connectivity index (χ2n) is 5.67. The number of halogens is 1. The van der Waals surface area contributed by atoms with E-state index in [-0.39, 0.29) is 12.2 Å². The van der Waals surface area contributed by atoms with E-state index in [4.69, 9.17) is 16.7 Å². The normalized spacial score (nSPS) is 15.9. The van der Waals surface area contributed by atoms with E-state index in [0.29, 0.717) is 17.3 Å². The van der Waals surface area contributed by atoms with Crippen LogP contribution >= 0.6 is 11.6 Å². The van der Waals surface area contributed by atoms with E-state index < -0.39 is 5.91 Å². The average Bonchev–Trinajstić information content (AvgIpc) is 2.57. The second kappa shape index (κ2) is 8.69. The zero-order valence-electron chi connectivity index (χ0n) is 13.6. The van der Waals surface area contributed by atoms with E-state index in [0.717, 1.165) is 31.7 Å². The van der Waals surface area contributed by atoms with Crippen LogP contribution in [0.1, 0.15) is 5.56 Å². The molecule has 1 aromatic rings. The summed E-state index contributed by atoms with van der Waals surface area (Å²) >= 11 is 6.04. The molecule has 2 rings (SSSR count). The molecule has 0 aromatic heterocycles. The van der Waals surface area contributed by atoms with Crippen LogP contribution in [0.5, 0.6) is 0 Å². The average molecular weight is 349 g/mol. The van der Waals surface area contributed by atoms with Crippen molar-refractivity contribution in [3.05, 3.63) is 40.6 Å². The minimum Gasteiger partial charge on any atom is -0.395 e. The molecule has 1 fully saturated rings. The van der Waals surface area contributed by atoms with E-state index in [1.807, 2.05) is 24.0 Å². The van der Waals surface area contributed by atoms with Gasteiger partial charge in [0, 0.05) is 49.6 Å². The summed E-state index contributed by atoms with van der Waals surface area (Å²) in [5.74, 6) is -0.449. The van der Waals surface area contributed by atoms with E-state index in [9.17, 15) is 10.1 Å². The number of amides is 1. The van der Waals surface area contributed by atoms with Crippen molar-refractivity contribution in [2.75, 3.05) is 44.6 Å². The zero-order chi connectivity index (χ0) is 17.5. The third-order valence-electron chi connectivity index (χ3n) is 3.93. The molecule has 1 heterocycles. The number of aliphatic hydroxyl groups is 1. The number of carbonyl (C=O) groups excluding carboxylic acids is 1. The van der Waals surface area contributed by atoms with Crippen LogP contribution in [-0.4, -0.2) is 60.1 Å². The van der Waals surface area contributed by atoms with Gasteiger partial charge in [0.05, 0.1) is 6.61 Å². The zero-order valence-corrected chi connectivity index (χ0v) is 14.4. The molecule has 0 unspecified atom stereocenters. The van der Waals surface area contributed by atoms with Crippen LogP contribution in [0.4, 0.5) is 5.69 Å². The number of nitriles is 1. The Hall–Kier alpha value is -2.07. The minimum absolute atomic E-state index is 0.0577. The summed E-state index contributed by atoms with van der Waals surface area (Å²) in [4.78, 5) is 16.4. The number of piperazine rings is 1. The van der Waals surface area contributed by atoms with Crippen molar-refractivity contribution in [2.45, 2.75) is 6.92 Å². The highest BCUT2D eigenvalue weighted by Gasteiger charge is 2.17. The first kappa shape index (κ1) is 18.3. The Bertz CT molecular complexity index is 661. The third kappa shape index (κ3) is 4.96. The van der Waals surface area contributed by atoms with Gasteiger partial charge in [-0.2, -0.15) is 5.26 Å². The number of hydrogen-bond donors (Lipinski definition) is 2. The maximum absolute atomic E-state index is 12.3. The van der Waals surface area contributed by atoms with Crippen molar-refractivity contribution in [2.24, 2.45) is 0 Å². The van der Waals surface area contributed by atoms with Gasteiger partial charge in [-0.3, -0.25) is 9.69 Å². The van der Waals surface area contributed by atoms with Gasteiger partial charge >= 0.3 is 0 Å². The fraction of sp³-hybridized carbons (Fsp3) is 0.412. The fourth-order valence-corrected chi connectivity index (χ4v) is 2.63. The number of anilines is 1. The molecular weight excluding hydrogens is 328 g/mol. The van der Waals surface area contributed by atoms with Crippen molar-refractivity contribution in [1.29, 1.82) is 5.26 Å². The van der Waals surface area contributed by atoms with Gasteiger partial charge in [0.25, 0.3) is 5.91 Å². The Morgan fingerprint density at radius 1 is 1.42 bits per heavy atom. The maximum atomic E-state index is 12.3. The molecule has 2 N–H and O–H groups in total. The fourth-order valence-electron chi connectivity index (χ4n) is 2.45. The van der Waals surface area contributed by atoms with Crippen molar-refractivity contribution in [1.82, 2.24) is 9.80 Å². The maximum Gasteiger partial charge on any atom is 0.267 e. The third-order valence-corrected chi connectivity index (χ3v) is 4.34. The monoisotopic (exact) mass is 348 g/mol. The molecule has 7 heteroatoms. The van der Waals surface area contributed by atoms with Crippen LogP contribution in [0.2, 0.25) is 5.02 Å². The Morgan fingerprint density at radius 3 is 2.71 bits per heavy atom. The van der Waals surface area contributed by atoms with Gasteiger partial charge in [-0.05, 0) is 24.6 Å². The van der Waals surface area contributed by atoms with Gasteiger partial charge in [-0.15, -0.1) is 0 Å². The van der Waals surface area contributed by atoms with Gasteiger partial charge in [0.1, 0.15) is 11.6 Å². The Kier molecular flexibility index (Phi) is 6.62. The molecule has 0 saturated carbocycles. The van der Waals surface area contributed by atoms with Crippen molar-refractivity contribution < 1.29 is 9.90 Å². The summed E-state index contributed by atoms with van der Waals surface area (Å²) in [6.07, 6.45) is 1.60. The summed E-state index contributed by atoms with van der Waals surface area (Å²) in [6.45, 7) is 5.70. The molecular formula is C17H21ClN4O2. The first-order valence-corrected chi connectivity index (χ1v) is 8.18. The molecule has 0 atom stereocenters. The molecule has 0 bridgehead atoms. The lowest BCUT2D eigenvalue weighted by Crippen LogP contribution is -2.45. The van der Waals surface area contributed by atoms with Crippen molar-refractivity contribution >= 4 is 23.2 Å². The van der Waals surface area contributed by atoms with Crippen LogP contribution in [0, 0.1) is 18.3 Å². The second-order valence-corrected chi connectivity index (χ2v) is 6.08. The highest BCUT2D eigenvalue weighted by molar-refractivity contribution is 6.31. The van der Waals surface area contributed by atoms with Gasteiger partial charge < -0.3 is 15.3 Å². The predicted molar refractivity (Wildman–Crippen MR) is 93.6 cm³/mol. The number of benzene rings is 1. The van der Waals surface area contributed by atoms with Crippen molar-refractivity contribution in [3.63, 3.8) is 0 Å². The van der Waals surface area contributed by atoms with Gasteiger partial charge in [0.15, 0.2) is 0 Å². The first-order chi connectivity index (χ1) is 11.5. The summed E-state index contributed by atoms with van der Waals surface area (Å²) in [6, 6.07) is 7.18. The first-order valence-electron chi connectivity index (χ1n) is 7.80. The van der Waals surface area contributed by atoms with Crippen LogP contribution in [0.25, 0.3) is 0 Å². The summed E-state index contributed by atoms with van der Waals surface area (Å²) in [5.41, 5.74) is 1.54. The smallest absolute Gasteiger partial charge is 0.267 e. The number of rotatable bonds is 5. The Morgan fingerprint density at radius 2 is 2.12 bits per heavy atom. The quantitative estimate of drug-likeness (QED) is 0.624. The van der Waals surface area contributed by atoms with Crippen LogP contribution < -0.4 is 5.32 Å². The molecule has 1 aromatic carbocycles. The molecule has 0 radical (unpaired) electrons. The number of nitrogens with one attached hydrogen (secondary N) is 1. The van der Waals surface area contributed by atoms with Crippen LogP contribution in [-0.2, 0) is 4.79 Å². The Balaban J connectivity index is 1.98. The van der Waals surface area contributed by atoms with Gasteiger partial charge in [0.2, 0.25) is 0 Å². The number of carbonyl (C=O) groups is 1. The van der Waals surface area contributed by atoms with Gasteiger partial charge in [-0.25, -0.2) is 0 Å². The van der Waals surface area contributed by atoms with E-state index in [1.165, 1.54) is 0 Å². The number of aryl methyl sites for hydroxylation is 1. The molecule has 6 nitrogen and oxygen atoms in total. The highest BCUT2D eigenvalue weighted by Crippen LogP contribution is 2.20. The SMILES string of the molecule is Cc1ccc(NC(=O)/C(C#N)=C\N2CCN(CCO)CC2)cc1Cl.